The Balaban J connectivity index is 1.44. The summed E-state index contributed by atoms with van der Waals surface area (Å²) in [5.41, 5.74) is 1.81. The molecule has 0 bridgehead atoms. The fraction of sp³-hybridized carbons (Fsp3) is 0.450. The van der Waals surface area contributed by atoms with Gasteiger partial charge in [0.2, 0.25) is 5.91 Å². The van der Waals surface area contributed by atoms with Crippen LogP contribution in [-0.2, 0) is 11.2 Å². The minimum Gasteiger partial charge on any atom is -0.489 e. The highest BCUT2D eigenvalue weighted by Crippen LogP contribution is 2.25. The molecule has 138 valence electrons. The minimum absolute atomic E-state index is 0.0189. The van der Waals surface area contributed by atoms with Gasteiger partial charge in [-0.15, -0.1) is 11.3 Å². The molecule has 1 fully saturated rings. The molecule has 2 aromatic heterocycles. The zero-order valence-corrected chi connectivity index (χ0v) is 16.0. The summed E-state index contributed by atoms with van der Waals surface area (Å²) in [4.78, 5) is 28.5. The number of pyridine rings is 1. The second kappa shape index (κ2) is 8.45. The molecule has 26 heavy (non-hydrogen) atoms. The van der Waals surface area contributed by atoms with Gasteiger partial charge in [-0.25, -0.2) is 0 Å². The van der Waals surface area contributed by atoms with Crippen molar-refractivity contribution < 1.29 is 14.3 Å². The lowest BCUT2D eigenvalue weighted by Gasteiger charge is -2.29. The molecule has 6 heteroatoms. The fourth-order valence-electron chi connectivity index (χ4n) is 3.22. The minimum atomic E-state index is 0.0189. The lowest BCUT2D eigenvalue weighted by atomic mass is 9.92. The van der Waals surface area contributed by atoms with Gasteiger partial charge in [0.05, 0.1) is 23.1 Å². The molecule has 1 N–H and O–H groups in total. The van der Waals surface area contributed by atoms with Gasteiger partial charge < -0.3 is 10.1 Å². The van der Waals surface area contributed by atoms with Crippen LogP contribution in [0.5, 0.6) is 5.75 Å². The van der Waals surface area contributed by atoms with Crippen molar-refractivity contribution in [3.63, 3.8) is 0 Å². The topological polar surface area (TPSA) is 68.3 Å². The third kappa shape index (κ3) is 4.91. The van der Waals surface area contributed by atoms with Crippen LogP contribution in [0, 0.1) is 6.92 Å². The molecule has 0 aromatic carbocycles. The van der Waals surface area contributed by atoms with Gasteiger partial charge in [-0.2, -0.15) is 0 Å². The van der Waals surface area contributed by atoms with Crippen LogP contribution in [0.3, 0.4) is 0 Å². The summed E-state index contributed by atoms with van der Waals surface area (Å²) >= 11 is 1.40. The molecule has 0 unspecified atom stereocenters. The number of nitrogens with one attached hydrogen (secondary N) is 1. The Hall–Kier alpha value is -2.21. The number of carbonyl (C=O) groups is 2. The average Bonchev–Trinajstić information content (AvgIpc) is 3.07. The first-order valence-corrected chi connectivity index (χ1v) is 9.85. The number of aryl methyl sites for hydroxylation is 1. The van der Waals surface area contributed by atoms with E-state index in [0.29, 0.717) is 11.3 Å². The first-order chi connectivity index (χ1) is 12.5. The largest absolute Gasteiger partial charge is 0.489 e. The number of hydrogen-bond donors (Lipinski definition) is 1. The second-order valence-corrected chi connectivity index (χ2v) is 7.71. The Morgan fingerprint density at radius 3 is 2.73 bits per heavy atom. The predicted molar refractivity (Wildman–Crippen MR) is 102 cm³/mol. The monoisotopic (exact) mass is 372 g/mol. The summed E-state index contributed by atoms with van der Waals surface area (Å²) in [6.45, 7) is 3.49. The Kier molecular flexibility index (Phi) is 6.04. The van der Waals surface area contributed by atoms with E-state index in [1.165, 1.54) is 11.3 Å². The number of aromatic nitrogens is 1. The smallest absolute Gasteiger partial charge is 0.224 e. The zero-order valence-electron chi connectivity index (χ0n) is 15.2. The highest BCUT2D eigenvalue weighted by Gasteiger charge is 2.24. The van der Waals surface area contributed by atoms with Gasteiger partial charge in [-0.1, -0.05) is 0 Å². The van der Waals surface area contributed by atoms with Gasteiger partial charge >= 0.3 is 0 Å². The maximum Gasteiger partial charge on any atom is 0.224 e. The number of nitrogens with zero attached hydrogens (tertiary/aromatic N) is 1. The van der Waals surface area contributed by atoms with Crippen molar-refractivity contribution in [3.05, 3.63) is 45.9 Å². The van der Waals surface area contributed by atoms with Crippen LogP contribution in [0.2, 0.25) is 0 Å². The molecule has 1 aliphatic rings. The standard InChI is InChI=1S/C20H24N2O3S/c1-13-18(4-3-9-21-13)25-17-7-5-16(6-8-17)22-20(24)11-15-10-19(14(2)23)26-12-15/h3-4,9-10,12,16-17H,5-8,11H2,1-2H3,(H,22,24). The van der Waals surface area contributed by atoms with Gasteiger partial charge in [-0.3, -0.25) is 14.6 Å². The van der Waals surface area contributed by atoms with Gasteiger partial charge in [-0.05, 0) is 68.7 Å². The van der Waals surface area contributed by atoms with Crippen molar-refractivity contribution in [2.75, 3.05) is 0 Å². The van der Waals surface area contributed by atoms with E-state index < -0.39 is 0 Å². The number of thiophene rings is 1. The summed E-state index contributed by atoms with van der Waals surface area (Å²) < 4.78 is 6.05. The number of carbonyl (C=O) groups excluding carboxylic acids is 2. The lowest BCUT2D eigenvalue weighted by Crippen LogP contribution is -2.40. The van der Waals surface area contributed by atoms with E-state index in [1.807, 2.05) is 30.5 Å². The van der Waals surface area contributed by atoms with Gasteiger partial charge in [0, 0.05) is 12.2 Å². The molecule has 5 nitrogen and oxygen atoms in total. The molecule has 0 aliphatic heterocycles. The van der Waals surface area contributed by atoms with E-state index in [9.17, 15) is 9.59 Å². The van der Waals surface area contributed by atoms with E-state index in [0.717, 1.165) is 42.7 Å². The quantitative estimate of drug-likeness (QED) is 0.785. The van der Waals surface area contributed by atoms with Gasteiger partial charge in [0.15, 0.2) is 5.78 Å². The van der Waals surface area contributed by atoms with Crippen molar-refractivity contribution in [1.82, 2.24) is 10.3 Å². The molecule has 0 radical (unpaired) electrons. The Morgan fingerprint density at radius 2 is 2.08 bits per heavy atom. The number of ketones is 1. The molecule has 0 spiro atoms. The summed E-state index contributed by atoms with van der Waals surface area (Å²) in [7, 11) is 0. The zero-order chi connectivity index (χ0) is 18.5. The Labute approximate surface area is 157 Å². The molecule has 1 saturated carbocycles. The predicted octanol–water partition coefficient (Wildman–Crippen LogP) is 3.70. The van der Waals surface area contributed by atoms with E-state index in [4.69, 9.17) is 4.74 Å². The summed E-state index contributed by atoms with van der Waals surface area (Å²) in [6.07, 6.45) is 5.95. The van der Waals surface area contributed by atoms with E-state index >= 15 is 0 Å². The average molecular weight is 372 g/mol. The summed E-state index contributed by atoms with van der Waals surface area (Å²) in [5.74, 6) is 0.910. The van der Waals surface area contributed by atoms with Crippen molar-refractivity contribution in [2.24, 2.45) is 0 Å². The highest BCUT2D eigenvalue weighted by atomic mass is 32.1. The molecular formula is C20H24N2O3S. The second-order valence-electron chi connectivity index (χ2n) is 6.80. The maximum atomic E-state index is 12.2. The van der Waals surface area contributed by atoms with Gasteiger partial charge in [0.1, 0.15) is 5.75 Å². The molecule has 3 rings (SSSR count). The number of amides is 1. The lowest BCUT2D eigenvalue weighted by molar-refractivity contribution is -0.121. The normalized spacial score (nSPS) is 19.8. The van der Waals surface area contributed by atoms with Crippen LogP contribution in [0.15, 0.2) is 29.8 Å². The first-order valence-electron chi connectivity index (χ1n) is 8.97. The Bertz CT molecular complexity index is 779. The third-order valence-corrected chi connectivity index (χ3v) is 5.74. The number of ether oxygens (including phenoxy) is 1. The van der Waals surface area contributed by atoms with Crippen LogP contribution < -0.4 is 10.1 Å². The molecule has 2 aromatic rings. The molecule has 1 amide bonds. The van der Waals surface area contributed by atoms with Crippen molar-refractivity contribution in [3.8, 4) is 5.75 Å². The number of Topliss-reactive ketones (excluding diaryl/α,β-unsaturated/α-hetero) is 1. The number of hydrogen-bond acceptors (Lipinski definition) is 5. The van der Waals surface area contributed by atoms with Crippen LogP contribution in [0.1, 0.15) is 53.5 Å². The SMILES string of the molecule is CC(=O)c1cc(CC(=O)NC2CCC(Oc3cccnc3C)CC2)cs1. The van der Waals surface area contributed by atoms with E-state index in [2.05, 4.69) is 10.3 Å². The van der Waals surface area contributed by atoms with E-state index in [-0.39, 0.29) is 23.8 Å². The highest BCUT2D eigenvalue weighted by molar-refractivity contribution is 7.12. The van der Waals surface area contributed by atoms with Crippen LogP contribution in [0.4, 0.5) is 0 Å². The number of rotatable bonds is 6. The molecule has 1 aliphatic carbocycles. The molecular weight excluding hydrogens is 348 g/mol. The summed E-state index contributed by atoms with van der Waals surface area (Å²) in [5, 5.41) is 5.00. The third-order valence-electron chi connectivity index (χ3n) is 4.66. The van der Waals surface area contributed by atoms with Crippen LogP contribution in [0.25, 0.3) is 0 Å². The van der Waals surface area contributed by atoms with Gasteiger partial charge in [0.25, 0.3) is 0 Å². The maximum absolute atomic E-state index is 12.2. The van der Waals surface area contributed by atoms with Crippen LogP contribution >= 0.6 is 11.3 Å². The first kappa shape index (κ1) is 18.6. The van der Waals surface area contributed by atoms with Crippen molar-refractivity contribution in [1.29, 1.82) is 0 Å². The van der Waals surface area contributed by atoms with Crippen molar-refractivity contribution in [2.45, 2.75) is 58.1 Å². The van der Waals surface area contributed by atoms with Crippen LogP contribution in [-0.4, -0.2) is 28.8 Å². The molecule has 0 atom stereocenters. The van der Waals surface area contributed by atoms with E-state index in [1.54, 1.807) is 13.1 Å². The molecule has 0 saturated heterocycles. The van der Waals surface area contributed by atoms with Crippen molar-refractivity contribution >= 4 is 23.0 Å². The molecule has 2 heterocycles. The summed E-state index contributed by atoms with van der Waals surface area (Å²) in [6, 6.07) is 5.85. The Morgan fingerprint density at radius 1 is 1.31 bits per heavy atom. The fourth-order valence-corrected chi connectivity index (χ4v) is 4.03.